The number of nitrogens with one attached hydrogen (secondary N) is 2. The highest BCUT2D eigenvalue weighted by atomic mass is 32.1. The molecule has 0 saturated carbocycles. The minimum Gasteiger partial charge on any atom is -0.350 e. The fraction of sp³-hybridized carbons (Fsp3) is 0.375. The van der Waals surface area contributed by atoms with Crippen LogP contribution in [0.1, 0.15) is 54.5 Å². The fourth-order valence-electron chi connectivity index (χ4n) is 4.08. The van der Waals surface area contributed by atoms with Gasteiger partial charge in [-0.2, -0.15) is 5.10 Å². The predicted octanol–water partition coefficient (Wildman–Crippen LogP) is 5.06. The molecule has 2 aromatic carbocycles. The molecule has 1 heterocycles. The van der Waals surface area contributed by atoms with Crippen molar-refractivity contribution in [3.63, 3.8) is 0 Å². The summed E-state index contributed by atoms with van der Waals surface area (Å²) >= 11 is 5.39. The number of benzene rings is 2. The third kappa shape index (κ3) is 4.54. The lowest BCUT2D eigenvalue weighted by atomic mass is 9.89. The lowest BCUT2D eigenvalue weighted by molar-refractivity contribution is -0.121. The van der Waals surface area contributed by atoms with E-state index < -0.39 is 0 Å². The molecule has 5 nitrogen and oxygen atoms in total. The predicted molar refractivity (Wildman–Crippen MR) is 122 cm³/mol. The number of hydrogen-bond donors (Lipinski definition) is 2. The van der Waals surface area contributed by atoms with E-state index >= 15 is 0 Å². The van der Waals surface area contributed by atoms with Crippen LogP contribution in [0.15, 0.2) is 42.5 Å². The molecule has 0 radical (unpaired) electrons. The highest BCUT2D eigenvalue weighted by Gasteiger charge is 2.15. The van der Waals surface area contributed by atoms with E-state index in [1.807, 2.05) is 35.8 Å². The Morgan fingerprint density at radius 2 is 1.90 bits per heavy atom. The summed E-state index contributed by atoms with van der Waals surface area (Å²) in [5, 5.41) is 10.3. The van der Waals surface area contributed by atoms with Crippen LogP contribution < -0.4 is 5.32 Å². The second-order valence-corrected chi connectivity index (χ2v) is 8.53. The molecule has 2 N–H and O–H groups in total. The average Bonchev–Trinajstić information content (AvgIpc) is 3.12. The SMILES string of the molecule is Cc1ccc(-c2n[nH]c(=S)n2CCC(=O)NC(C)c2ccc3c(c2)CCCC3)cc1. The molecule has 0 spiro atoms. The molecule has 0 bridgehead atoms. The molecule has 1 aromatic heterocycles. The summed E-state index contributed by atoms with van der Waals surface area (Å²) in [6, 6.07) is 14.8. The third-order valence-corrected chi connectivity index (χ3v) is 6.19. The standard InChI is InChI=1S/C24H28N4OS/c1-16-7-9-19(10-8-16)23-26-27-24(30)28(23)14-13-22(29)25-17(2)20-12-11-18-5-3-4-6-21(18)15-20/h7-12,15,17H,3-6,13-14H2,1-2H3,(H,25,29)(H,27,30). The first-order valence-corrected chi connectivity index (χ1v) is 11.1. The molecule has 0 aliphatic heterocycles. The molecule has 0 saturated heterocycles. The Labute approximate surface area is 182 Å². The summed E-state index contributed by atoms with van der Waals surface area (Å²) in [7, 11) is 0. The summed E-state index contributed by atoms with van der Waals surface area (Å²) in [6.07, 6.45) is 5.20. The number of H-pyrrole nitrogens is 1. The van der Waals surface area contributed by atoms with Gasteiger partial charge in [0, 0.05) is 18.5 Å². The Morgan fingerprint density at radius 3 is 2.67 bits per heavy atom. The van der Waals surface area contributed by atoms with E-state index in [4.69, 9.17) is 12.2 Å². The number of amides is 1. The molecular weight excluding hydrogens is 392 g/mol. The van der Waals surface area contributed by atoms with E-state index in [2.05, 4.69) is 40.6 Å². The van der Waals surface area contributed by atoms with Crippen molar-refractivity contribution in [3.8, 4) is 11.4 Å². The van der Waals surface area contributed by atoms with Crippen molar-refractivity contribution in [1.82, 2.24) is 20.1 Å². The first-order valence-electron chi connectivity index (χ1n) is 10.6. The maximum atomic E-state index is 12.6. The number of aryl methyl sites for hydroxylation is 3. The monoisotopic (exact) mass is 420 g/mol. The van der Waals surface area contributed by atoms with E-state index in [9.17, 15) is 4.79 Å². The highest BCUT2D eigenvalue weighted by molar-refractivity contribution is 7.71. The number of carbonyl (C=O) groups is 1. The molecule has 4 rings (SSSR count). The third-order valence-electron chi connectivity index (χ3n) is 5.88. The van der Waals surface area contributed by atoms with Crippen LogP contribution in [0.5, 0.6) is 0 Å². The topological polar surface area (TPSA) is 62.7 Å². The van der Waals surface area contributed by atoms with Gasteiger partial charge in [0.05, 0.1) is 6.04 Å². The van der Waals surface area contributed by atoms with Gasteiger partial charge in [0.15, 0.2) is 10.6 Å². The van der Waals surface area contributed by atoms with Crippen LogP contribution in [0.25, 0.3) is 11.4 Å². The normalized spacial score (nSPS) is 14.2. The number of hydrogen-bond acceptors (Lipinski definition) is 3. The van der Waals surface area contributed by atoms with Gasteiger partial charge in [-0.25, -0.2) is 0 Å². The van der Waals surface area contributed by atoms with Crippen molar-refractivity contribution >= 4 is 18.1 Å². The molecule has 30 heavy (non-hydrogen) atoms. The average molecular weight is 421 g/mol. The number of nitrogens with zero attached hydrogens (tertiary/aromatic N) is 2. The molecular formula is C24H28N4OS. The van der Waals surface area contributed by atoms with E-state index in [0.29, 0.717) is 17.7 Å². The van der Waals surface area contributed by atoms with Gasteiger partial charge in [-0.05, 0) is 68.4 Å². The molecule has 1 atom stereocenters. The lowest BCUT2D eigenvalue weighted by Gasteiger charge is -2.20. The second kappa shape index (κ2) is 8.96. The largest absolute Gasteiger partial charge is 0.350 e. The van der Waals surface area contributed by atoms with Gasteiger partial charge >= 0.3 is 0 Å². The zero-order chi connectivity index (χ0) is 21.1. The van der Waals surface area contributed by atoms with E-state index in [0.717, 1.165) is 17.8 Å². The van der Waals surface area contributed by atoms with E-state index in [1.54, 1.807) is 0 Å². The molecule has 1 amide bonds. The quantitative estimate of drug-likeness (QED) is 0.548. The zero-order valence-corrected chi connectivity index (χ0v) is 18.4. The second-order valence-electron chi connectivity index (χ2n) is 8.14. The number of carbonyl (C=O) groups excluding carboxylic acids is 1. The smallest absolute Gasteiger partial charge is 0.222 e. The van der Waals surface area contributed by atoms with E-state index in [1.165, 1.54) is 41.5 Å². The van der Waals surface area contributed by atoms with Crippen molar-refractivity contribution in [2.75, 3.05) is 0 Å². The van der Waals surface area contributed by atoms with Crippen LogP contribution in [0.3, 0.4) is 0 Å². The molecule has 1 aliphatic carbocycles. The Morgan fingerprint density at radius 1 is 1.17 bits per heavy atom. The van der Waals surface area contributed by atoms with Crippen LogP contribution in [0, 0.1) is 11.7 Å². The first kappa shape index (κ1) is 20.5. The zero-order valence-electron chi connectivity index (χ0n) is 17.6. The van der Waals surface area contributed by atoms with Gasteiger partial charge < -0.3 is 5.32 Å². The maximum Gasteiger partial charge on any atom is 0.222 e. The van der Waals surface area contributed by atoms with Crippen LogP contribution in [0.2, 0.25) is 0 Å². The molecule has 1 unspecified atom stereocenters. The first-order chi connectivity index (χ1) is 14.5. The summed E-state index contributed by atoms with van der Waals surface area (Å²) < 4.78 is 2.42. The van der Waals surface area contributed by atoms with Crippen molar-refractivity contribution in [1.29, 1.82) is 0 Å². The maximum absolute atomic E-state index is 12.6. The summed E-state index contributed by atoms with van der Waals surface area (Å²) in [5.74, 6) is 0.772. The number of fused-ring (bicyclic) bond motifs is 1. The Kier molecular flexibility index (Phi) is 6.13. The van der Waals surface area contributed by atoms with Crippen LogP contribution in [-0.2, 0) is 24.2 Å². The molecule has 6 heteroatoms. The number of aromatic amines is 1. The highest BCUT2D eigenvalue weighted by Crippen LogP contribution is 2.25. The van der Waals surface area contributed by atoms with Crippen molar-refractivity contribution in [3.05, 3.63) is 69.5 Å². The van der Waals surface area contributed by atoms with Crippen molar-refractivity contribution < 1.29 is 4.79 Å². The summed E-state index contributed by atoms with van der Waals surface area (Å²) in [4.78, 5) is 12.6. The van der Waals surface area contributed by atoms with Gasteiger partial charge in [0.2, 0.25) is 5.91 Å². The van der Waals surface area contributed by atoms with Crippen LogP contribution in [0.4, 0.5) is 0 Å². The van der Waals surface area contributed by atoms with Gasteiger partial charge in [-0.3, -0.25) is 14.5 Å². The van der Waals surface area contributed by atoms with Gasteiger partial charge in [0.1, 0.15) is 0 Å². The van der Waals surface area contributed by atoms with E-state index in [-0.39, 0.29) is 11.9 Å². The van der Waals surface area contributed by atoms with Gasteiger partial charge in [-0.1, -0.05) is 48.0 Å². The number of rotatable bonds is 6. The van der Waals surface area contributed by atoms with Gasteiger partial charge in [0.25, 0.3) is 0 Å². The fourth-order valence-corrected chi connectivity index (χ4v) is 4.30. The Balaban J connectivity index is 1.40. The van der Waals surface area contributed by atoms with Crippen LogP contribution in [-0.4, -0.2) is 20.7 Å². The molecule has 0 fully saturated rings. The minimum absolute atomic E-state index is 0.0122. The van der Waals surface area contributed by atoms with Crippen molar-refractivity contribution in [2.24, 2.45) is 0 Å². The summed E-state index contributed by atoms with van der Waals surface area (Å²) in [6.45, 7) is 4.58. The number of aromatic nitrogens is 3. The Bertz CT molecular complexity index is 1100. The minimum atomic E-state index is -0.0152. The Hall–Kier alpha value is -2.73. The molecule has 3 aromatic rings. The summed E-state index contributed by atoms with van der Waals surface area (Å²) in [5.41, 5.74) is 6.24. The molecule has 1 aliphatic rings. The lowest BCUT2D eigenvalue weighted by Crippen LogP contribution is -2.27. The van der Waals surface area contributed by atoms with Gasteiger partial charge in [-0.15, -0.1) is 0 Å². The van der Waals surface area contributed by atoms with Crippen LogP contribution >= 0.6 is 12.2 Å². The molecule has 156 valence electrons. The van der Waals surface area contributed by atoms with Crippen molar-refractivity contribution in [2.45, 2.75) is 58.5 Å².